The molecule has 1 fully saturated rings. The van der Waals surface area contributed by atoms with Crippen LogP contribution in [0.15, 0.2) is 24.3 Å². The molecule has 0 aromatic heterocycles. The van der Waals surface area contributed by atoms with Crippen LogP contribution in [0.5, 0.6) is 0 Å². The molecule has 2 aliphatic heterocycles. The number of para-hydroxylation sites is 1. The summed E-state index contributed by atoms with van der Waals surface area (Å²) in [5.41, 5.74) is 1.61. The third-order valence-electron chi connectivity index (χ3n) is 4.80. The van der Waals surface area contributed by atoms with Crippen LogP contribution in [0.1, 0.15) is 31.7 Å². The number of fused-ring (bicyclic) bond motifs is 1. The van der Waals surface area contributed by atoms with Crippen molar-refractivity contribution in [1.82, 2.24) is 15.1 Å². The van der Waals surface area contributed by atoms with Gasteiger partial charge in [-0.1, -0.05) is 18.2 Å². The van der Waals surface area contributed by atoms with Gasteiger partial charge in [-0.25, -0.2) is 0 Å². The van der Waals surface area contributed by atoms with Crippen molar-refractivity contribution in [3.8, 4) is 0 Å². The number of nitrogens with zero attached hydrogens (tertiary/aromatic N) is 2. The van der Waals surface area contributed by atoms with Crippen molar-refractivity contribution < 1.29 is 14.4 Å². The minimum absolute atomic E-state index is 0.00131. The lowest BCUT2D eigenvalue weighted by Crippen LogP contribution is -2.52. The zero-order valence-electron chi connectivity index (χ0n) is 15.3. The second-order valence-electron chi connectivity index (χ2n) is 7.22. The minimum atomic E-state index is -0.421. The highest BCUT2D eigenvalue weighted by molar-refractivity contribution is 6.01. The van der Waals surface area contributed by atoms with E-state index in [1.807, 2.05) is 43.0 Å². The highest BCUT2D eigenvalue weighted by Gasteiger charge is 2.34. The first-order valence-corrected chi connectivity index (χ1v) is 9.13. The maximum absolute atomic E-state index is 13.0. The number of carbonyl (C=O) groups is 3. The summed E-state index contributed by atoms with van der Waals surface area (Å²) in [7, 11) is 0. The molecule has 0 saturated carbocycles. The second-order valence-corrected chi connectivity index (χ2v) is 7.22. The fraction of sp³-hybridized carbons (Fsp3) is 0.526. The maximum Gasteiger partial charge on any atom is 0.234 e. The predicted octanol–water partition coefficient (Wildman–Crippen LogP) is 0.781. The van der Waals surface area contributed by atoms with Crippen molar-refractivity contribution in [2.75, 3.05) is 38.0 Å². The maximum atomic E-state index is 13.0. The molecule has 2 aliphatic rings. The summed E-state index contributed by atoms with van der Waals surface area (Å²) in [4.78, 5) is 40.7. The van der Waals surface area contributed by atoms with E-state index in [0.29, 0.717) is 32.7 Å². The zero-order chi connectivity index (χ0) is 18.7. The molecule has 1 atom stereocenters. The van der Waals surface area contributed by atoms with Crippen molar-refractivity contribution in [2.45, 2.75) is 32.2 Å². The standard InChI is InChI=1S/C19H26N4O3/c1-13(2)20-18(25)12-22-7-9-23(10-8-22)19(26)15-11-17(24)21-16-6-4-3-5-14(15)16/h3-6,13,15H,7-12H2,1-2H3,(H,20,25)(H,21,24). The Hall–Kier alpha value is -2.41. The Morgan fingerprint density at radius 2 is 1.88 bits per heavy atom. The zero-order valence-corrected chi connectivity index (χ0v) is 15.3. The lowest BCUT2D eigenvalue weighted by molar-refractivity contribution is -0.136. The summed E-state index contributed by atoms with van der Waals surface area (Å²) in [6.45, 7) is 6.71. The summed E-state index contributed by atoms with van der Waals surface area (Å²) in [6.07, 6.45) is 0.187. The van der Waals surface area contributed by atoms with Crippen molar-refractivity contribution >= 4 is 23.4 Å². The quantitative estimate of drug-likeness (QED) is 0.833. The molecule has 0 aliphatic carbocycles. The average Bonchev–Trinajstić information content (AvgIpc) is 2.60. The number of rotatable bonds is 4. The molecule has 1 unspecified atom stereocenters. The van der Waals surface area contributed by atoms with E-state index in [9.17, 15) is 14.4 Å². The Balaban J connectivity index is 1.59. The van der Waals surface area contributed by atoms with E-state index < -0.39 is 5.92 Å². The monoisotopic (exact) mass is 358 g/mol. The molecule has 1 aromatic carbocycles. The van der Waals surface area contributed by atoms with Gasteiger partial charge in [-0.15, -0.1) is 0 Å². The van der Waals surface area contributed by atoms with E-state index >= 15 is 0 Å². The third kappa shape index (κ3) is 4.22. The third-order valence-corrected chi connectivity index (χ3v) is 4.80. The van der Waals surface area contributed by atoms with Crippen molar-refractivity contribution in [1.29, 1.82) is 0 Å². The van der Waals surface area contributed by atoms with E-state index in [-0.39, 0.29) is 30.2 Å². The van der Waals surface area contributed by atoms with Crippen LogP contribution in [0.25, 0.3) is 0 Å². The summed E-state index contributed by atoms with van der Waals surface area (Å²) in [5, 5.41) is 5.72. The number of hydrogen-bond acceptors (Lipinski definition) is 4. The SMILES string of the molecule is CC(C)NC(=O)CN1CCN(C(=O)C2CC(=O)Nc3ccccc32)CC1. The molecule has 2 N–H and O–H groups in total. The summed E-state index contributed by atoms with van der Waals surface area (Å²) < 4.78 is 0. The molecule has 1 aromatic rings. The van der Waals surface area contributed by atoms with E-state index in [4.69, 9.17) is 0 Å². The number of piperazine rings is 1. The number of carbonyl (C=O) groups excluding carboxylic acids is 3. The molecule has 140 valence electrons. The first-order chi connectivity index (χ1) is 12.4. The Morgan fingerprint density at radius 3 is 2.58 bits per heavy atom. The van der Waals surface area contributed by atoms with Crippen molar-refractivity contribution in [3.05, 3.63) is 29.8 Å². The highest BCUT2D eigenvalue weighted by atomic mass is 16.2. The lowest BCUT2D eigenvalue weighted by Gasteiger charge is -2.37. The second kappa shape index (κ2) is 7.86. The van der Waals surface area contributed by atoms with Gasteiger partial charge in [0.2, 0.25) is 17.7 Å². The van der Waals surface area contributed by atoms with Crippen LogP contribution in [0, 0.1) is 0 Å². The van der Waals surface area contributed by atoms with Gasteiger partial charge in [0.15, 0.2) is 0 Å². The van der Waals surface area contributed by atoms with E-state index in [1.54, 1.807) is 0 Å². The molecule has 0 bridgehead atoms. The van der Waals surface area contributed by atoms with Gasteiger partial charge in [0.05, 0.1) is 12.5 Å². The van der Waals surface area contributed by atoms with Gasteiger partial charge in [-0.05, 0) is 25.5 Å². The van der Waals surface area contributed by atoms with Crippen LogP contribution in [0.3, 0.4) is 0 Å². The largest absolute Gasteiger partial charge is 0.353 e. The molecule has 3 amide bonds. The molecular weight excluding hydrogens is 332 g/mol. The fourth-order valence-corrected chi connectivity index (χ4v) is 3.55. The first-order valence-electron chi connectivity index (χ1n) is 9.13. The van der Waals surface area contributed by atoms with Gasteiger partial charge < -0.3 is 15.5 Å². The topological polar surface area (TPSA) is 81.8 Å². The molecule has 7 nitrogen and oxygen atoms in total. The van der Waals surface area contributed by atoms with Crippen LogP contribution in [-0.4, -0.2) is 66.3 Å². The Morgan fingerprint density at radius 1 is 1.19 bits per heavy atom. The minimum Gasteiger partial charge on any atom is -0.353 e. The predicted molar refractivity (Wildman–Crippen MR) is 98.7 cm³/mol. The van der Waals surface area contributed by atoms with Gasteiger partial charge in [-0.2, -0.15) is 0 Å². The van der Waals surface area contributed by atoms with E-state index in [2.05, 4.69) is 15.5 Å². The normalized spacial score (nSPS) is 20.5. The van der Waals surface area contributed by atoms with Crippen LogP contribution >= 0.6 is 0 Å². The van der Waals surface area contributed by atoms with Crippen LogP contribution in [0.2, 0.25) is 0 Å². The van der Waals surface area contributed by atoms with Crippen LogP contribution in [-0.2, 0) is 14.4 Å². The lowest BCUT2D eigenvalue weighted by atomic mass is 9.89. The molecule has 0 radical (unpaired) electrons. The number of nitrogens with one attached hydrogen (secondary N) is 2. The van der Waals surface area contributed by atoms with Gasteiger partial charge in [0.25, 0.3) is 0 Å². The Kier molecular flexibility index (Phi) is 5.56. The van der Waals surface area contributed by atoms with E-state index in [1.165, 1.54) is 0 Å². The Bertz CT molecular complexity index is 696. The Labute approximate surface area is 153 Å². The average molecular weight is 358 g/mol. The fourth-order valence-electron chi connectivity index (χ4n) is 3.55. The number of amides is 3. The summed E-state index contributed by atoms with van der Waals surface area (Å²) >= 11 is 0. The van der Waals surface area contributed by atoms with Crippen molar-refractivity contribution in [2.24, 2.45) is 0 Å². The first kappa shape index (κ1) is 18.4. The summed E-state index contributed by atoms with van der Waals surface area (Å²) in [5.74, 6) is -0.530. The smallest absolute Gasteiger partial charge is 0.234 e. The van der Waals surface area contributed by atoms with E-state index in [0.717, 1.165) is 11.3 Å². The van der Waals surface area contributed by atoms with Crippen LogP contribution in [0.4, 0.5) is 5.69 Å². The summed E-state index contributed by atoms with van der Waals surface area (Å²) in [6, 6.07) is 7.61. The number of anilines is 1. The van der Waals surface area contributed by atoms with Gasteiger partial charge >= 0.3 is 0 Å². The van der Waals surface area contributed by atoms with Crippen LogP contribution < -0.4 is 10.6 Å². The van der Waals surface area contributed by atoms with Crippen molar-refractivity contribution in [3.63, 3.8) is 0 Å². The molecule has 0 spiro atoms. The molecular formula is C19H26N4O3. The van der Waals surface area contributed by atoms with Gasteiger partial charge in [-0.3, -0.25) is 19.3 Å². The molecule has 26 heavy (non-hydrogen) atoms. The molecule has 1 saturated heterocycles. The number of hydrogen-bond donors (Lipinski definition) is 2. The molecule has 3 rings (SSSR count). The number of benzene rings is 1. The molecule has 2 heterocycles. The van der Waals surface area contributed by atoms with Gasteiger partial charge in [0, 0.05) is 44.3 Å². The highest BCUT2D eigenvalue weighted by Crippen LogP contribution is 2.33. The van der Waals surface area contributed by atoms with Gasteiger partial charge in [0.1, 0.15) is 0 Å². The molecule has 7 heteroatoms.